The van der Waals surface area contributed by atoms with Gasteiger partial charge in [0.1, 0.15) is 19.0 Å². The highest BCUT2D eigenvalue weighted by molar-refractivity contribution is 5.97. The molecule has 0 unspecified atom stereocenters. The van der Waals surface area contributed by atoms with E-state index in [1.54, 1.807) is 49.6 Å². The van der Waals surface area contributed by atoms with E-state index in [0.717, 1.165) is 4.68 Å². The summed E-state index contributed by atoms with van der Waals surface area (Å²) in [7, 11) is 1.56. The molecule has 9 nitrogen and oxygen atoms in total. The maximum absolute atomic E-state index is 12.6. The summed E-state index contributed by atoms with van der Waals surface area (Å²) in [6.45, 7) is 1.02. The highest BCUT2D eigenvalue weighted by Crippen LogP contribution is 2.33. The fourth-order valence-corrected chi connectivity index (χ4v) is 2.63. The van der Waals surface area contributed by atoms with E-state index in [9.17, 15) is 4.79 Å². The topological polar surface area (TPSA) is 114 Å². The molecule has 1 aliphatic heterocycles. The molecule has 27 heavy (non-hydrogen) atoms. The number of nitrogens with one attached hydrogen (secondary N) is 1. The Morgan fingerprint density at radius 2 is 1.89 bits per heavy atom. The molecule has 4 rings (SSSR count). The van der Waals surface area contributed by atoms with E-state index in [4.69, 9.17) is 19.9 Å². The maximum Gasteiger partial charge on any atom is 0.281 e. The molecular weight excluding hydrogens is 350 g/mol. The summed E-state index contributed by atoms with van der Waals surface area (Å²) in [5, 5.41) is 7.16. The fourth-order valence-electron chi connectivity index (χ4n) is 2.63. The Hall–Kier alpha value is -3.75. The van der Waals surface area contributed by atoms with Crippen LogP contribution < -0.4 is 25.3 Å². The van der Waals surface area contributed by atoms with Gasteiger partial charge in [0, 0.05) is 17.3 Å². The van der Waals surface area contributed by atoms with Crippen molar-refractivity contribution in [2.24, 2.45) is 0 Å². The third kappa shape index (κ3) is 3.34. The number of aromatic nitrogens is 3. The van der Waals surface area contributed by atoms with E-state index in [1.165, 1.54) is 0 Å². The monoisotopic (exact) mass is 367 g/mol. The molecule has 2 heterocycles. The van der Waals surface area contributed by atoms with Gasteiger partial charge in [-0.25, -0.2) is 0 Å². The zero-order valence-corrected chi connectivity index (χ0v) is 14.5. The lowest BCUT2D eigenvalue weighted by atomic mass is 10.2. The van der Waals surface area contributed by atoms with E-state index in [-0.39, 0.29) is 11.9 Å². The van der Waals surface area contributed by atoms with Crippen molar-refractivity contribution in [1.82, 2.24) is 14.8 Å². The third-order valence-corrected chi connectivity index (χ3v) is 3.96. The summed E-state index contributed by atoms with van der Waals surface area (Å²) in [5.41, 5.74) is 6.96. The van der Waals surface area contributed by atoms with Gasteiger partial charge in [-0.3, -0.25) is 4.79 Å². The van der Waals surface area contributed by atoms with Crippen molar-refractivity contribution in [3.8, 4) is 17.2 Å². The van der Waals surface area contributed by atoms with Gasteiger partial charge in [-0.15, -0.1) is 5.10 Å². The molecule has 0 spiro atoms. The zero-order chi connectivity index (χ0) is 18.8. The lowest BCUT2D eigenvalue weighted by Gasteiger charge is -2.18. The molecule has 1 aromatic heterocycles. The third-order valence-electron chi connectivity index (χ3n) is 3.96. The number of methoxy groups -OCH3 is 1. The normalized spacial score (nSPS) is 12.5. The number of carbonyl (C=O) groups excluding carboxylic acids is 1. The van der Waals surface area contributed by atoms with Gasteiger partial charge in [-0.2, -0.15) is 9.67 Å². The van der Waals surface area contributed by atoms with Crippen LogP contribution in [-0.2, 0) is 0 Å². The molecule has 0 radical (unpaired) electrons. The minimum absolute atomic E-state index is 0.0177. The average Bonchev–Trinajstić information content (AvgIpc) is 3.07. The molecule has 3 N–H and O–H groups in total. The number of ether oxygens (including phenoxy) is 3. The van der Waals surface area contributed by atoms with Crippen LogP contribution in [0.1, 0.15) is 10.4 Å². The summed E-state index contributed by atoms with van der Waals surface area (Å²) in [4.78, 5) is 16.7. The molecule has 9 heteroatoms. The number of nitrogens with zero attached hydrogens (tertiary/aromatic N) is 3. The number of carbonyl (C=O) groups is 1. The van der Waals surface area contributed by atoms with E-state index < -0.39 is 5.91 Å². The number of rotatable bonds is 4. The minimum Gasteiger partial charge on any atom is -0.497 e. The number of hydrogen-bond acceptors (Lipinski definition) is 8. The Balaban J connectivity index is 1.55. The molecule has 0 saturated heterocycles. The average molecular weight is 367 g/mol. The van der Waals surface area contributed by atoms with Crippen molar-refractivity contribution in [3.63, 3.8) is 0 Å². The van der Waals surface area contributed by atoms with Crippen LogP contribution in [-0.4, -0.2) is 41.0 Å². The lowest BCUT2D eigenvalue weighted by Crippen LogP contribution is -2.16. The van der Waals surface area contributed by atoms with E-state index in [1.807, 2.05) is 0 Å². The van der Waals surface area contributed by atoms with Crippen molar-refractivity contribution in [1.29, 1.82) is 0 Å². The van der Waals surface area contributed by atoms with E-state index >= 15 is 0 Å². The van der Waals surface area contributed by atoms with E-state index in [2.05, 4.69) is 15.4 Å². The predicted octanol–water partition coefficient (Wildman–Crippen LogP) is 2.07. The van der Waals surface area contributed by atoms with Crippen LogP contribution >= 0.6 is 0 Å². The SMILES string of the molecule is COc1ccc(C(=O)n2nc(Nc3ccc4c(c3)OCCO4)nc2N)cc1. The molecule has 0 saturated carbocycles. The number of anilines is 3. The molecule has 1 aliphatic rings. The van der Waals surface area contributed by atoms with Gasteiger partial charge in [0.05, 0.1) is 7.11 Å². The van der Waals surface area contributed by atoms with Crippen LogP contribution in [0.4, 0.5) is 17.6 Å². The van der Waals surface area contributed by atoms with Gasteiger partial charge < -0.3 is 25.3 Å². The zero-order valence-electron chi connectivity index (χ0n) is 14.5. The van der Waals surface area contributed by atoms with Crippen LogP contribution in [0.25, 0.3) is 0 Å². The second-order valence-electron chi connectivity index (χ2n) is 5.72. The van der Waals surface area contributed by atoms with E-state index in [0.29, 0.717) is 41.7 Å². The summed E-state index contributed by atoms with van der Waals surface area (Å²) in [6.07, 6.45) is 0. The number of hydrogen-bond donors (Lipinski definition) is 2. The first kappa shape index (κ1) is 16.7. The molecule has 0 fully saturated rings. The van der Waals surface area contributed by atoms with Crippen LogP contribution in [0, 0.1) is 0 Å². The van der Waals surface area contributed by atoms with Crippen molar-refractivity contribution in [2.45, 2.75) is 0 Å². The van der Waals surface area contributed by atoms with Crippen molar-refractivity contribution < 1.29 is 19.0 Å². The highest BCUT2D eigenvalue weighted by atomic mass is 16.6. The van der Waals surface area contributed by atoms with Crippen LogP contribution in [0.2, 0.25) is 0 Å². The number of benzene rings is 2. The van der Waals surface area contributed by atoms with Gasteiger partial charge >= 0.3 is 0 Å². The lowest BCUT2D eigenvalue weighted by molar-refractivity contribution is 0.0948. The number of fused-ring (bicyclic) bond motifs is 1. The second-order valence-corrected chi connectivity index (χ2v) is 5.72. The quantitative estimate of drug-likeness (QED) is 0.720. The molecule has 0 aliphatic carbocycles. The minimum atomic E-state index is -0.391. The first-order valence-corrected chi connectivity index (χ1v) is 8.22. The standard InChI is InChI=1S/C18H17N5O4/c1-25-13-5-2-11(3-6-13)16(24)23-17(19)21-18(22-23)20-12-4-7-14-15(10-12)27-9-8-26-14/h2-7,10H,8-9H2,1H3,(H3,19,20,21,22). The van der Waals surface area contributed by atoms with Gasteiger partial charge in [-0.1, -0.05) is 0 Å². The molecule has 138 valence electrons. The summed E-state index contributed by atoms with van der Waals surface area (Å²) < 4.78 is 17.2. The number of nitrogens with two attached hydrogens (primary N) is 1. The molecule has 2 aromatic carbocycles. The van der Waals surface area contributed by atoms with Crippen molar-refractivity contribution in [3.05, 3.63) is 48.0 Å². The molecule has 0 bridgehead atoms. The van der Waals surface area contributed by atoms with Crippen molar-refractivity contribution >= 4 is 23.5 Å². The second kappa shape index (κ2) is 6.87. The van der Waals surface area contributed by atoms with Crippen molar-refractivity contribution in [2.75, 3.05) is 31.4 Å². The summed E-state index contributed by atoms with van der Waals surface area (Å²) >= 11 is 0. The molecule has 0 amide bonds. The van der Waals surface area contributed by atoms with Crippen LogP contribution in [0.15, 0.2) is 42.5 Å². The summed E-state index contributed by atoms with van der Waals surface area (Å²) in [5.74, 6) is 1.76. The van der Waals surface area contributed by atoms with Crippen LogP contribution in [0.3, 0.4) is 0 Å². The Morgan fingerprint density at radius 1 is 1.15 bits per heavy atom. The fraction of sp³-hybridized carbons (Fsp3) is 0.167. The van der Waals surface area contributed by atoms with Gasteiger partial charge in [0.2, 0.25) is 11.9 Å². The Kier molecular flexibility index (Phi) is 4.25. The largest absolute Gasteiger partial charge is 0.497 e. The molecule has 3 aromatic rings. The summed E-state index contributed by atoms with van der Waals surface area (Å²) in [6, 6.07) is 12.0. The number of nitrogen functional groups attached to an aromatic ring is 1. The van der Waals surface area contributed by atoms with Gasteiger partial charge in [-0.05, 0) is 36.4 Å². The first-order chi connectivity index (χ1) is 13.1. The van der Waals surface area contributed by atoms with Crippen LogP contribution in [0.5, 0.6) is 17.2 Å². The highest BCUT2D eigenvalue weighted by Gasteiger charge is 2.17. The molecule has 0 atom stereocenters. The smallest absolute Gasteiger partial charge is 0.281 e. The van der Waals surface area contributed by atoms with Gasteiger partial charge in [0.25, 0.3) is 5.91 Å². The molecular formula is C18H17N5O4. The predicted molar refractivity (Wildman–Crippen MR) is 97.9 cm³/mol. The first-order valence-electron chi connectivity index (χ1n) is 8.22. The Morgan fingerprint density at radius 3 is 2.63 bits per heavy atom. The Bertz CT molecular complexity index is 984. The maximum atomic E-state index is 12.6. The van der Waals surface area contributed by atoms with Gasteiger partial charge in [0.15, 0.2) is 11.5 Å². The Labute approximate surface area is 154 Å².